The Morgan fingerprint density at radius 3 is 1.47 bits per heavy atom. The number of hydrogen-bond donors (Lipinski definition) is 0. The lowest BCUT2D eigenvalue weighted by Gasteiger charge is -2.27. The third-order valence-corrected chi connectivity index (χ3v) is 6.26. The van der Waals surface area contributed by atoms with Crippen molar-refractivity contribution in [2.45, 2.75) is 0 Å². The highest BCUT2D eigenvalue weighted by molar-refractivity contribution is 6.17. The lowest BCUT2D eigenvalue weighted by Crippen LogP contribution is -2.11. The molecule has 4 nitrogen and oxygen atoms in total. The van der Waals surface area contributed by atoms with Gasteiger partial charge in [-0.1, -0.05) is 24.3 Å². The largest absolute Gasteiger partial charge is 0.497 e. The molecule has 158 valence electrons. The van der Waals surface area contributed by atoms with Crippen molar-refractivity contribution >= 4 is 32.7 Å². The molecule has 32 heavy (non-hydrogen) atoms. The van der Waals surface area contributed by atoms with E-state index in [2.05, 4.69) is 60.7 Å². The second kappa shape index (κ2) is 7.34. The SMILES string of the molecule is COc1ccc2ccc3c(c2c1)C(C1=CCOc2ccc4ccc(OC)cc4c21)=CCO3. The van der Waals surface area contributed by atoms with Gasteiger partial charge in [0.1, 0.15) is 36.2 Å². The summed E-state index contributed by atoms with van der Waals surface area (Å²) in [6, 6.07) is 20.7. The van der Waals surface area contributed by atoms with E-state index in [4.69, 9.17) is 18.9 Å². The van der Waals surface area contributed by atoms with Crippen LogP contribution in [-0.4, -0.2) is 27.4 Å². The van der Waals surface area contributed by atoms with Crippen LogP contribution in [-0.2, 0) is 0 Å². The summed E-state index contributed by atoms with van der Waals surface area (Å²) < 4.78 is 23.1. The van der Waals surface area contributed by atoms with Crippen LogP contribution in [0.3, 0.4) is 0 Å². The summed E-state index contributed by atoms with van der Waals surface area (Å²) >= 11 is 0. The Morgan fingerprint density at radius 2 is 1.03 bits per heavy atom. The Kier molecular flexibility index (Phi) is 4.32. The van der Waals surface area contributed by atoms with Gasteiger partial charge >= 0.3 is 0 Å². The molecule has 2 aliphatic rings. The molecule has 4 aromatic carbocycles. The Hall–Kier alpha value is -3.92. The van der Waals surface area contributed by atoms with Gasteiger partial charge in [-0.05, 0) is 81.2 Å². The highest BCUT2D eigenvalue weighted by atomic mass is 16.5. The number of ether oxygens (including phenoxy) is 4. The second-order valence-corrected chi connectivity index (χ2v) is 7.91. The summed E-state index contributed by atoms with van der Waals surface area (Å²) in [5, 5.41) is 4.51. The van der Waals surface area contributed by atoms with Crippen LogP contribution in [0.25, 0.3) is 32.7 Å². The summed E-state index contributed by atoms with van der Waals surface area (Å²) in [4.78, 5) is 0. The molecular weight excluding hydrogens is 400 g/mol. The van der Waals surface area contributed by atoms with Crippen LogP contribution in [0.4, 0.5) is 0 Å². The summed E-state index contributed by atoms with van der Waals surface area (Å²) in [5.41, 5.74) is 4.49. The highest BCUT2D eigenvalue weighted by Crippen LogP contribution is 2.48. The predicted molar refractivity (Wildman–Crippen MR) is 128 cm³/mol. The summed E-state index contributed by atoms with van der Waals surface area (Å²) in [7, 11) is 3.39. The Bertz CT molecular complexity index is 1330. The minimum Gasteiger partial charge on any atom is -0.497 e. The van der Waals surface area contributed by atoms with Gasteiger partial charge < -0.3 is 18.9 Å². The number of fused-ring (bicyclic) bond motifs is 6. The molecule has 0 unspecified atom stereocenters. The van der Waals surface area contributed by atoms with Crippen molar-refractivity contribution in [2.24, 2.45) is 0 Å². The van der Waals surface area contributed by atoms with Crippen molar-refractivity contribution in [3.63, 3.8) is 0 Å². The Labute approximate surface area is 186 Å². The monoisotopic (exact) mass is 422 g/mol. The minimum atomic E-state index is 0.527. The molecular formula is C28H22O4. The molecule has 0 spiro atoms. The van der Waals surface area contributed by atoms with Crippen LogP contribution in [0.15, 0.2) is 72.8 Å². The van der Waals surface area contributed by atoms with E-state index in [0.717, 1.165) is 66.8 Å². The number of methoxy groups -OCH3 is 2. The summed E-state index contributed by atoms with van der Waals surface area (Å²) in [6.45, 7) is 1.05. The van der Waals surface area contributed by atoms with E-state index in [1.807, 2.05) is 12.1 Å². The first kappa shape index (κ1) is 18.8. The second-order valence-electron chi connectivity index (χ2n) is 7.91. The van der Waals surface area contributed by atoms with Gasteiger partial charge in [0.15, 0.2) is 0 Å². The van der Waals surface area contributed by atoms with E-state index in [9.17, 15) is 0 Å². The average Bonchev–Trinajstić information content (AvgIpc) is 2.86. The topological polar surface area (TPSA) is 36.9 Å². The van der Waals surface area contributed by atoms with Crippen molar-refractivity contribution in [1.82, 2.24) is 0 Å². The Balaban J connectivity index is 1.62. The van der Waals surface area contributed by atoms with Gasteiger partial charge in [0, 0.05) is 11.1 Å². The van der Waals surface area contributed by atoms with Crippen molar-refractivity contribution in [2.75, 3.05) is 27.4 Å². The molecule has 0 amide bonds. The van der Waals surface area contributed by atoms with Crippen LogP contribution in [0, 0.1) is 0 Å². The zero-order chi connectivity index (χ0) is 21.7. The third kappa shape index (κ3) is 2.83. The van der Waals surface area contributed by atoms with Crippen LogP contribution in [0.2, 0.25) is 0 Å². The standard InChI is InChI=1S/C28H22O4/c1-29-19-7-3-17-5-9-25-27(23(17)15-19)21(11-13-31-25)22-12-14-32-26-10-6-18-4-8-20(30-2)16-24(18)28(22)26/h3-12,15-16H,13-14H2,1-2H3. The van der Waals surface area contributed by atoms with Gasteiger partial charge in [0.2, 0.25) is 0 Å². The van der Waals surface area contributed by atoms with Gasteiger partial charge in [0.25, 0.3) is 0 Å². The molecule has 6 rings (SSSR count). The van der Waals surface area contributed by atoms with E-state index >= 15 is 0 Å². The highest BCUT2D eigenvalue weighted by Gasteiger charge is 2.26. The lowest BCUT2D eigenvalue weighted by molar-refractivity contribution is 0.355. The first-order chi connectivity index (χ1) is 15.8. The third-order valence-electron chi connectivity index (χ3n) is 6.26. The van der Waals surface area contributed by atoms with Crippen LogP contribution < -0.4 is 18.9 Å². The molecule has 4 heteroatoms. The molecule has 4 aromatic rings. The van der Waals surface area contributed by atoms with Gasteiger partial charge in [-0.15, -0.1) is 0 Å². The predicted octanol–water partition coefficient (Wildman–Crippen LogP) is 6.26. The first-order valence-electron chi connectivity index (χ1n) is 10.7. The maximum absolute atomic E-state index is 6.04. The molecule has 2 aliphatic heterocycles. The van der Waals surface area contributed by atoms with Gasteiger partial charge in [-0.3, -0.25) is 0 Å². The molecule has 0 N–H and O–H groups in total. The maximum atomic E-state index is 6.04. The fourth-order valence-corrected chi connectivity index (χ4v) is 4.73. The molecule has 0 aliphatic carbocycles. The van der Waals surface area contributed by atoms with Crippen molar-refractivity contribution in [1.29, 1.82) is 0 Å². The van der Waals surface area contributed by atoms with Crippen molar-refractivity contribution < 1.29 is 18.9 Å². The number of hydrogen-bond acceptors (Lipinski definition) is 4. The number of allylic oxidation sites excluding steroid dienone is 2. The zero-order valence-electron chi connectivity index (χ0n) is 18.0. The lowest BCUT2D eigenvalue weighted by atomic mass is 9.84. The molecule has 0 saturated heterocycles. The van der Waals surface area contributed by atoms with Crippen LogP contribution in [0.1, 0.15) is 11.1 Å². The van der Waals surface area contributed by atoms with Crippen LogP contribution >= 0.6 is 0 Å². The van der Waals surface area contributed by atoms with Crippen LogP contribution in [0.5, 0.6) is 23.0 Å². The van der Waals surface area contributed by atoms with Gasteiger partial charge in [0.05, 0.1) is 14.2 Å². The smallest absolute Gasteiger partial charge is 0.128 e. The molecule has 0 aromatic heterocycles. The average molecular weight is 422 g/mol. The molecule has 0 fully saturated rings. The maximum Gasteiger partial charge on any atom is 0.128 e. The van der Waals surface area contributed by atoms with E-state index < -0.39 is 0 Å². The van der Waals surface area contributed by atoms with Gasteiger partial charge in [-0.2, -0.15) is 0 Å². The van der Waals surface area contributed by atoms with E-state index in [-0.39, 0.29) is 0 Å². The normalized spacial score (nSPS) is 14.6. The number of rotatable bonds is 3. The summed E-state index contributed by atoms with van der Waals surface area (Å²) in [5.74, 6) is 3.42. The molecule has 0 bridgehead atoms. The van der Waals surface area contributed by atoms with Crippen molar-refractivity contribution in [3.8, 4) is 23.0 Å². The molecule has 0 atom stereocenters. The molecule has 2 heterocycles. The van der Waals surface area contributed by atoms with E-state index in [0.29, 0.717) is 13.2 Å². The fraction of sp³-hybridized carbons (Fsp3) is 0.143. The Morgan fingerprint density at radius 1 is 0.594 bits per heavy atom. The van der Waals surface area contributed by atoms with E-state index in [1.54, 1.807) is 14.2 Å². The van der Waals surface area contributed by atoms with Gasteiger partial charge in [-0.25, -0.2) is 0 Å². The fourth-order valence-electron chi connectivity index (χ4n) is 4.73. The zero-order valence-corrected chi connectivity index (χ0v) is 18.0. The quantitative estimate of drug-likeness (QED) is 0.390. The molecule has 0 saturated carbocycles. The van der Waals surface area contributed by atoms with E-state index in [1.165, 1.54) is 0 Å². The molecule has 0 radical (unpaired) electrons. The summed E-state index contributed by atoms with van der Waals surface area (Å²) in [6.07, 6.45) is 4.34. The first-order valence-corrected chi connectivity index (χ1v) is 10.7. The number of benzene rings is 4. The van der Waals surface area contributed by atoms with Crippen molar-refractivity contribution in [3.05, 3.63) is 83.9 Å². The minimum absolute atomic E-state index is 0.527.